The van der Waals surface area contributed by atoms with Gasteiger partial charge in [-0.1, -0.05) is 37.6 Å². The molecule has 1 fully saturated rings. The van der Waals surface area contributed by atoms with Gasteiger partial charge < -0.3 is 15.0 Å². The molecule has 7 nitrogen and oxygen atoms in total. The minimum Gasteiger partial charge on any atom is -0.463 e. The van der Waals surface area contributed by atoms with E-state index < -0.39 is 0 Å². The highest BCUT2D eigenvalue weighted by Crippen LogP contribution is 2.14. The lowest BCUT2D eigenvalue weighted by molar-refractivity contribution is -0.120. The normalized spacial score (nSPS) is 21.9. The highest BCUT2D eigenvalue weighted by atomic mass is 16.5. The Kier molecular flexibility index (Phi) is 8.25. The molecule has 0 spiro atoms. The van der Waals surface area contributed by atoms with E-state index in [0.29, 0.717) is 19.2 Å². The lowest BCUT2D eigenvalue weighted by Crippen LogP contribution is -2.34. The van der Waals surface area contributed by atoms with Gasteiger partial charge in [-0.05, 0) is 43.5 Å². The maximum Gasteiger partial charge on any atom is 0.317 e. The third-order valence-corrected chi connectivity index (χ3v) is 4.89. The Hall–Kier alpha value is -2.67. The number of likely N-dealkylation sites (tertiary alicyclic amines) is 1. The molecular weight excluding hydrogens is 366 g/mol. The molecule has 1 saturated heterocycles. The molecule has 2 heterocycles. The molecule has 0 aromatic heterocycles. The second kappa shape index (κ2) is 11.4. The Bertz CT molecular complexity index is 753. The highest BCUT2D eigenvalue weighted by molar-refractivity contribution is 5.86. The van der Waals surface area contributed by atoms with Crippen LogP contribution in [0.4, 0.5) is 0 Å². The van der Waals surface area contributed by atoms with Crippen molar-refractivity contribution < 1.29 is 9.53 Å². The van der Waals surface area contributed by atoms with Crippen LogP contribution in [0, 0.1) is 0 Å². The van der Waals surface area contributed by atoms with Gasteiger partial charge in [0.1, 0.15) is 0 Å². The van der Waals surface area contributed by atoms with E-state index in [1.54, 1.807) is 6.34 Å². The molecule has 0 aliphatic carbocycles. The first-order chi connectivity index (χ1) is 14.2. The van der Waals surface area contributed by atoms with E-state index in [9.17, 15) is 4.79 Å². The third kappa shape index (κ3) is 7.34. The van der Waals surface area contributed by atoms with Crippen LogP contribution in [0.1, 0.15) is 43.7 Å². The van der Waals surface area contributed by atoms with Gasteiger partial charge >= 0.3 is 6.02 Å². The van der Waals surface area contributed by atoms with E-state index >= 15 is 0 Å². The van der Waals surface area contributed by atoms with Crippen LogP contribution >= 0.6 is 0 Å². The van der Waals surface area contributed by atoms with Gasteiger partial charge in [0, 0.05) is 25.5 Å². The predicted molar refractivity (Wildman–Crippen MR) is 115 cm³/mol. The number of carbonyl (C=O) groups is 1. The number of amidine groups is 1. The molecule has 0 unspecified atom stereocenters. The van der Waals surface area contributed by atoms with Gasteiger partial charge in [-0.15, -0.1) is 0 Å². The molecule has 0 atom stereocenters. The lowest BCUT2D eigenvalue weighted by Gasteiger charge is -2.20. The fraction of sp³-hybridized carbons (Fsp3) is 0.500. The van der Waals surface area contributed by atoms with Crippen molar-refractivity contribution in [3.63, 3.8) is 0 Å². The first-order valence-corrected chi connectivity index (χ1v) is 10.5. The highest BCUT2D eigenvalue weighted by Gasteiger charge is 2.13. The molecule has 1 aromatic rings. The summed E-state index contributed by atoms with van der Waals surface area (Å²) in [7, 11) is 0. The maximum absolute atomic E-state index is 12.1. The van der Waals surface area contributed by atoms with Gasteiger partial charge in [0.15, 0.2) is 0 Å². The number of ether oxygens (including phenoxy) is 1. The number of hydrogen-bond acceptors (Lipinski definition) is 6. The summed E-state index contributed by atoms with van der Waals surface area (Å²) in [6, 6.07) is 8.87. The number of nitrogens with one attached hydrogen (secondary N) is 1. The van der Waals surface area contributed by atoms with Gasteiger partial charge in [0.25, 0.3) is 0 Å². The smallest absolute Gasteiger partial charge is 0.317 e. The summed E-state index contributed by atoms with van der Waals surface area (Å²) in [5.74, 6) is -0.105. The van der Waals surface area contributed by atoms with Crippen LogP contribution in [0.5, 0.6) is 0 Å². The number of unbranched alkanes of at least 4 members (excludes halogenated alkanes) is 1. The van der Waals surface area contributed by atoms with Gasteiger partial charge in [-0.2, -0.15) is 4.99 Å². The second-order valence-corrected chi connectivity index (χ2v) is 7.45. The molecule has 0 radical (unpaired) electrons. The Balaban J connectivity index is 1.67. The Labute approximate surface area is 173 Å². The molecule has 2 aliphatic heterocycles. The molecule has 2 aliphatic rings. The van der Waals surface area contributed by atoms with Gasteiger partial charge in [-0.25, -0.2) is 4.99 Å². The van der Waals surface area contributed by atoms with Crippen molar-refractivity contribution in [2.45, 2.75) is 45.7 Å². The summed E-state index contributed by atoms with van der Waals surface area (Å²) in [6.45, 7) is 6.83. The van der Waals surface area contributed by atoms with Crippen LogP contribution < -0.4 is 5.32 Å². The van der Waals surface area contributed by atoms with Crippen molar-refractivity contribution in [3.05, 3.63) is 47.8 Å². The van der Waals surface area contributed by atoms with Crippen molar-refractivity contribution in [1.29, 1.82) is 0 Å². The molecule has 1 N–H and O–H groups in total. The Morgan fingerprint density at radius 1 is 1.17 bits per heavy atom. The standard InChI is InChI=1S/C22H31N5O2/c1-2-3-13-29-22-24-10-9-23-21(28)17-27(18-25-22)16-20-8-6-7-19(14-20)15-26-11-4-5-12-26/h6-10,14,18H,2-5,11-13,15-17H2,1H3,(H,23,28)/b10-9+,24-22-,25-18+. The van der Waals surface area contributed by atoms with Crippen LogP contribution in [0.2, 0.25) is 0 Å². The molecule has 1 aromatic carbocycles. The third-order valence-electron chi connectivity index (χ3n) is 4.89. The molecule has 7 heteroatoms. The van der Waals surface area contributed by atoms with Crippen LogP contribution in [0.25, 0.3) is 0 Å². The second-order valence-electron chi connectivity index (χ2n) is 7.45. The molecule has 0 bridgehead atoms. The maximum atomic E-state index is 12.1. The largest absolute Gasteiger partial charge is 0.463 e. The van der Waals surface area contributed by atoms with E-state index in [1.807, 2.05) is 4.90 Å². The topological polar surface area (TPSA) is 69.5 Å². The fourth-order valence-corrected chi connectivity index (χ4v) is 3.41. The van der Waals surface area contributed by atoms with Gasteiger partial charge in [0.05, 0.1) is 19.5 Å². The van der Waals surface area contributed by atoms with Gasteiger partial charge in [0.2, 0.25) is 5.91 Å². The van der Waals surface area contributed by atoms with E-state index in [0.717, 1.165) is 24.9 Å². The molecule has 0 saturated carbocycles. The molecule has 29 heavy (non-hydrogen) atoms. The fourth-order valence-electron chi connectivity index (χ4n) is 3.41. The van der Waals surface area contributed by atoms with E-state index in [1.165, 1.54) is 43.9 Å². The Morgan fingerprint density at radius 3 is 2.76 bits per heavy atom. The zero-order valence-corrected chi connectivity index (χ0v) is 17.2. The zero-order valence-electron chi connectivity index (χ0n) is 17.2. The summed E-state index contributed by atoms with van der Waals surface area (Å²) < 4.78 is 5.63. The minimum atomic E-state index is -0.105. The van der Waals surface area contributed by atoms with Crippen LogP contribution in [0.3, 0.4) is 0 Å². The minimum absolute atomic E-state index is 0.105. The average Bonchev–Trinajstić information content (AvgIpc) is 3.22. The summed E-state index contributed by atoms with van der Waals surface area (Å²) in [6.07, 6.45) is 9.23. The first kappa shape index (κ1) is 21.0. The quantitative estimate of drug-likeness (QED) is 0.719. The monoisotopic (exact) mass is 397 g/mol. The van der Waals surface area contributed by atoms with E-state index in [4.69, 9.17) is 4.74 Å². The van der Waals surface area contributed by atoms with Crippen molar-refractivity contribution >= 4 is 18.3 Å². The lowest BCUT2D eigenvalue weighted by atomic mass is 10.1. The summed E-state index contributed by atoms with van der Waals surface area (Å²) in [5.41, 5.74) is 2.46. The van der Waals surface area contributed by atoms with Crippen molar-refractivity contribution in [2.24, 2.45) is 9.98 Å². The summed E-state index contributed by atoms with van der Waals surface area (Å²) in [5, 5.41) is 2.72. The number of amides is 1. The van der Waals surface area contributed by atoms with Crippen molar-refractivity contribution in [2.75, 3.05) is 26.2 Å². The molecular formula is C22H31N5O2. The SMILES string of the molecule is CCCCOC1=N\C=C\NC(=O)CN(Cc2cccc(CN3CCCC3)c2)\C=N\1. The predicted octanol–water partition coefficient (Wildman–Crippen LogP) is 2.89. The average molecular weight is 398 g/mol. The summed E-state index contributed by atoms with van der Waals surface area (Å²) in [4.78, 5) is 25.0. The summed E-state index contributed by atoms with van der Waals surface area (Å²) >= 11 is 0. The Morgan fingerprint density at radius 2 is 1.97 bits per heavy atom. The number of rotatable bonds is 7. The number of carbonyl (C=O) groups excluding carboxylic acids is 1. The van der Waals surface area contributed by atoms with Crippen molar-refractivity contribution in [3.8, 4) is 0 Å². The number of hydrogen-bond donors (Lipinski definition) is 1. The molecule has 1 amide bonds. The van der Waals surface area contributed by atoms with E-state index in [-0.39, 0.29) is 12.5 Å². The number of nitrogens with zero attached hydrogens (tertiary/aromatic N) is 4. The van der Waals surface area contributed by atoms with Crippen LogP contribution in [-0.4, -0.2) is 54.3 Å². The van der Waals surface area contributed by atoms with Crippen LogP contribution in [-0.2, 0) is 22.6 Å². The number of benzene rings is 1. The molecule has 3 rings (SSSR count). The first-order valence-electron chi connectivity index (χ1n) is 10.5. The molecule has 156 valence electrons. The van der Waals surface area contributed by atoms with Crippen LogP contribution in [0.15, 0.2) is 46.7 Å². The number of aliphatic imine (C=N–C) groups is 2. The van der Waals surface area contributed by atoms with Crippen molar-refractivity contribution in [1.82, 2.24) is 15.1 Å². The zero-order chi connectivity index (χ0) is 20.3. The van der Waals surface area contributed by atoms with Gasteiger partial charge in [-0.3, -0.25) is 9.69 Å². The van der Waals surface area contributed by atoms with E-state index in [2.05, 4.69) is 51.4 Å².